The van der Waals surface area contributed by atoms with Gasteiger partial charge < -0.3 is 15.2 Å². The van der Waals surface area contributed by atoms with Crippen molar-refractivity contribution < 1.29 is 19.4 Å². The van der Waals surface area contributed by atoms with Crippen molar-refractivity contribution in [2.45, 2.75) is 52.6 Å². The topological polar surface area (TPSA) is 75.6 Å². The average Bonchev–Trinajstić information content (AvgIpc) is 2.42. The van der Waals surface area contributed by atoms with Gasteiger partial charge in [-0.15, -0.1) is 0 Å². The van der Waals surface area contributed by atoms with Crippen LogP contribution in [0.2, 0.25) is 0 Å². The van der Waals surface area contributed by atoms with Crippen LogP contribution in [-0.2, 0) is 14.3 Å². The summed E-state index contributed by atoms with van der Waals surface area (Å²) in [6.45, 7) is 7.76. The van der Waals surface area contributed by atoms with Crippen LogP contribution in [0.5, 0.6) is 0 Å². The third kappa shape index (κ3) is 8.69. The summed E-state index contributed by atoms with van der Waals surface area (Å²) in [5, 5.41) is 11.8. The van der Waals surface area contributed by atoms with Crippen LogP contribution in [0.1, 0.15) is 46.5 Å². The molecule has 0 aromatic rings. The molecule has 0 aliphatic heterocycles. The van der Waals surface area contributed by atoms with Crippen LogP contribution < -0.4 is 5.32 Å². The van der Waals surface area contributed by atoms with E-state index in [1.807, 2.05) is 0 Å². The molecule has 0 saturated heterocycles. The number of ether oxygens (including phenoxy) is 1. The Balaban J connectivity index is 4.43. The molecule has 0 spiro atoms. The molecule has 0 aliphatic rings. The van der Waals surface area contributed by atoms with Gasteiger partial charge in [-0.3, -0.25) is 0 Å². The second kappa shape index (κ2) is 11.5. The van der Waals surface area contributed by atoms with E-state index in [9.17, 15) is 9.59 Å². The molecule has 0 bridgehead atoms. The van der Waals surface area contributed by atoms with Crippen molar-refractivity contribution in [1.82, 2.24) is 5.32 Å². The third-order valence-corrected chi connectivity index (χ3v) is 3.26. The van der Waals surface area contributed by atoms with Gasteiger partial charge in [0.05, 0.1) is 0 Å². The van der Waals surface area contributed by atoms with Gasteiger partial charge in [0.15, 0.2) is 0 Å². The zero-order chi connectivity index (χ0) is 15.4. The molecule has 0 amide bonds. The van der Waals surface area contributed by atoms with Gasteiger partial charge in [0.25, 0.3) is 0 Å². The maximum absolute atomic E-state index is 11.6. The van der Waals surface area contributed by atoms with Crippen molar-refractivity contribution in [1.29, 1.82) is 0 Å². The monoisotopic (exact) mass is 285 g/mol. The summed E-state index contributed by atoms with van der Waals surface area (Å²) in [5.41, 5.74) is 0. The molecule has 1 unspecified atom stereocenters. The maximum atomic E-state index is 11.6. The van der Waals surface area contributed by atoms with Crippen molar-refractivity contribution >= 4 is 11.9 Å². The zero-order valence-corrected chi connectivity index (χ0v) is 12.7. The number of esters is 1. The van der Waals surface area contributed by atoms with Crippen LogP contribution in [0.25, 0.3) is 0 Å². The lowest BCUT2D eigenvalue weighted by Gasteiger charge is -2.25. The molecule has 0 aromatic carbocycles. The fourth-order valence-electron chi connectivity index (χ4n) is 1.99. The number of carbonyl (C=O) groups excluding carboxylic acids is 1. The third-order valence-electron chi connectivity index (χ3n) is 3.26. The Morgan fingerprint density at radius 2 is 1.85 bits per heavy atom. The fourth-order valence-corrected chi connectivity index (χ4v) is 1.99. The van der Waals surface area contributed by atoms with E-state index in [4.69, 9.17) is 9.84 Å². The van der Waals surface area contributed by atoms with Gasteiger partial charge in [0.2, 0.25) is 0 Å². The normalized spacial score (nSPS) is 12.8. The van der Waals surface area contributed by atoms with E-state index < -0.39 is 11.9 Å². The van der Waals surface area contributed by atoms with Crippen molar-refractivity contribution in [3.8, 4) is 0 Å². The molecule has 0 rings (SSSR count). The number of hydrogen-bond acceptors (Lipinski definition) is 4. The molecule has 0 radical (unpaired) electrons. The smallest absolute Gasteiger partial charge is 0.331 e. The van der Waals surface area contributed by atoms with E-state index in [0.29, 0.717) is 6.54 Å². The van der Waals surface area contributed by atoms with Gasteiger partial charge in [-0.05, 0) is 31.7 Å². The highest BCUT2D eigenvalue weighted by molar-refractivity contribution is 5.90. The van der Waals surface area contributed by atoms with Crippen molar-refractivity contribution in [3.05, 3.63) is 12.2 Å². The number of rotatable bonds is 11. The molecule has 0 aromatic heterocycles. The Morgan fingerprint density at radius 3 is 2.35 bits per heavy atom. The standard InChI is InChI=1S/C15H27NO4/c1-4-7-10-16-11-13(12(5-2)6-3)20-15(19)9-8-14(17)18/h8-9,12-13,16H,4-7,10-11H2,1-3H3,(H,17,18)/b9-8+. The number of carboxylic acids is 1. The minimum Gasteiger partial charge on any atom is -0.478 e. The summed E-state index contributed by atoms with van der Waals surface area (Å²) in [4.78, 5) is 22.0. The largest absolute Gasteiger partial charge is 0.478 e. The second-order valence-corrected chi connectivity index (χ2v) is 4.78. The second-order valence-electron chi connectivity index (χ2n) is 4.78. The van der Waals surface area contributed by atoms with Crippen LogP contribution >= 0.6 is 0 Å². The Labute approximate surface area is 121 Å². The van der Waals surface area contributed by atoms with Gasteiger partial charge in [-0.1, -0.05) is 27.2 Å². The number of aliphatic carboxylic acids is 1. The first-order valence-electron chi connectivity index (χ1n) is 7.37. The zero-order valence-electron chi connectivity index (χ0n) is 12.7. The summed E-state index contributed by atoms with van der Waals surface area (Å²) >= 11 is 0. The molecule has 2 N–H and O–H groups in total. The minimum atomic E-state index is -1.15. The molecule has 0 heterocycles. The van der Waals surface area contributed by atoms with E-state index in [2.05, 4.69) is 26.1 Å². The first-order valence-corrected chi connectivity index (χ1v) is 7.37. The molecule has 5 nitrogen and oxygen atoms in total. The van der Waals surface area contributed by atoms with Crippen LogP contribution in [0.4, 0.5) is 0 Å². The summed E-state index contributed by atoms with van der Waals surface area (Å²) in [6, 6.07) is 0. The average molecular weight is 285 g/mol. The number of unbranched alkanes of at least 4 members (excludes halogenated alkanes) is 1. The quantitative estimate of drug-likeness (QED) is 0.346. The van der Waals surface area contributed by atoms with E-state index in [1.165, 1.54) is 0 Å². The van der Waals surface area contributed by atoms with Crippen molar-refractivity contribution in [3.63, 3.8) is 0 Å². The van der Waals surface area contributed by atoms with Gasteiger partial charge in [-0.2, -0.15) is 0 Å². The van der Waals surface area contributed by atoms with Gasteiger partial charge >= 0.3 is 11.9 Å². The van der Waals surface area contributed by atoms with Crippen LogP contribution in [0, 0.1) is 5.92 Å². The van der Waals surface area contributed by atoms with Crippen molar-refractivity contribution in [2.24, 2.45) is 5.92 Å². The van der Waals surface area contributed by atoms with Crippen LogP contribution in [-0.4, -0.2) is 36.2 Å². The van der Waals surface area contributed by atoms with Crippen molar-refractivity contribution in [2.75, 3.05) is 13.1 Å². The van der Waals surface area contributed by atoms with E-state index >= 15 is 0 Å². The first-order chi connectivity index (χ1) is 9.54. The maximum Gasteiger partial charge on any atom is 0.331 e. The molecule has 5 heteroatoms. The fraction of sp³-hybridized carbons (Fsp3) is 0.733. The highest BCUT2D eigenvalue weighted by Crippen LogP contribution is 2.16. The molecule has 20 heavy (non-hydrogen) atoms. The number of carboxylic acid groups (broad SMARTS) is 1. The molecule has 0 fully saturated rings. The highest BCUT2D eigenvalue weighted by atomic mass is 16.5. The lowest BCUT2D eigenvalue weighted by Crippen LogP contribution is -2.36. The summed E-state index contributed by atoms with van der Waals surface area (Å²) in [6.07, 6.45) is 5.60. The number of carbonyl (C=O) groups is 2. The predicted octanol–water partition coefficient (Wildman–Crippen LogP) is 2.36. The Bertz CT molecular complexity index is 311. The Hall–Kier alpha value is -1.36. The Morgan fingerprint density at radius 1 is 1.20 bits per heavy atom. The Kier molecular flexibility index (Phi) is 10.7. The van der Waals surface area contributed by atoms with E-state index in [0.717, 1.165) is 44.4 Å². The summed E-state index contributed by atoms with van der Waals surface area (Å²) < 4.78 is 5.37. The lowest BCUT2D eigenvalue weighted by molar-refractivity contribution is -0.146. The van der Waals surface area contributed by atoms with Gasteiger partial charge in [0, 0.05) is 18.7 Å². The first kappa shape index (κ1) is 18.6. The van der Waals surface area contributed by atoms with E-state index in [1.54, 1.807) is 0 Å². The van der Waals surface area contributed by atoms with Gasteiger partial charge in [-0.25, -0.2) is 9.59 Å². The SMILES string of the molecule is CCCCNCC(OC(=O)/C=C/C(=O)O)C(CC)CC. The summed E-state index contributed by atoms with van der Waals surface area (Å²) in [5.74, 6) is -1.46. The molecule has 0 saturated carbocycles. The number of nitrogens with one attached hydrogen (secondary N) is 1. The van der Waals surface area contributed by atoms with Crippen LogP contribution in [0.15, 0.2) is 12.2 Å². The molecular formula is C15H27NO4. The number of hydrogen-bond donors (Lipinski definition) is 2. The summed E-state index contributed by atoms with van der Waals surface area (Å²) in [7, 11) is 0. The molecular weight excluding hydrogens is 258 g/mol. The molecule has 1 atom stereocenters. The lowest BCUT2D eigenvalue weighted by atomic mass is 9.96. The predicted molar refractivity (Wildman–Crippen MR) is 78.5 cm³/mol. The van der Waals surface area contributed by atoms with Gasteiger partial charge in [0.1, 0.15) is 6.10 Å². The van der Waals surface area contributed by atoms with Crippen LogP contribution in [0.3, 0.4) is 0 Å². The van der Waals surface area contributed by atoms with E-state index in [-0.39, 0.29) is 12.0 Å². The molecule has 0 aliphatic carbocycles. The highest BCUT2D eigenvalue weighted by Gasteiger charge is 2.21. The minimum absolute atomic E-state index is 0.215. The molecule has 116 valence electrons.